The van der Waals surface area contributed by atoms with Crippen molar-refractivity contribution >= 4 is 5.91 Å². The standard InChI is InChI=1S/C15H17N7O/c1-11(22-10-16-9-20-22)15(23)19-8-13-3-4-18-14(7-13)21-6-5-17-12(21)2/h3-7,9-11H,8H2,1-2H3,(H,19,23)/t11-/m1/s1. The lowest BCUT2D eigenvalue weighted by Gasteiger charge is -2.12. The van der Waals surface area contributed by atoms with Crippen molar-refractivity contribution in [3.8, 4) is 5.82 Å². The van der Waals surface area contributed by atoms with Gasteiger partial charge in [0, 0.05) is 25.1 Å². The average Bonchev–Trinajstić information content (AvgIpc) is 3.23. The summed E-state index contributed by atoms with van der Waals surface area (Å²) in [5.74, 6) is 1.52. The van der Waals surface area contributed by atoms with E-state index in [1.807, 2.05) is 29.8 Å². The molecule has 0 radical (unpaired) electrons. The Bertz CT molecular complexity index is 794. The van der Waals surface area contributed by atoms with Crippen LogP contribution >= 0.6 is 0 Å². The maximum absolute atomic E-state index is 12.2. The summed E-state index contributed by atoms with van der Waals surface area (Å²) in [5, 5.41) is 6.87. The van der Waals surface area contributed by atoms with Crippen molar-refractivity contribution in [1.29, 1.82) is 0 Å². The fourth-order valence-electron chi connectivity index (χ4n) is 2.20. The second-order valence-electron chi connectivity index (χ2n) is 5.14. The Kier molecular flexibility index (Phi) is 4.13. The first-order valence-electron chi connectivity index (χ1n) is 7.22. The molecule has 0 saturated carbocycles. The van der Waals surface area contributed by atoms with Crippen LogP contribution in [0, 0.1) is 6.92 Å². The van der Waals surface area contributed by atoms with Gasteiger partial charge < -0.3 is 5.32 Å². The van der Waals surface area contributed by atoms with Gasteiger partial charge in [0.05, 0.1) is 0 Å². The lowest BCUT2D eigenvalue weighted by atomic mass is 10.2. The van der Waals surface area contributed by atoms with Crippen LogP contribution in [0.1, 0.15) is 24.4 Å². The Morgan fingerprint density at radius 3 is 2.91 bits per heavy atom. The SMILES string of the molecule is Cc1nccn1-c1cc(CNC(=O)[C@@H](C)n2cncn2)ccn1. The minimum absolute atomic E-state index is 0.118. The molecule has 0 aromatic carbocycles. The first-order valence-corrected chi connectivity index (χ1v) is 7.22. The van der Waals surface area contributed by atoms with Crippen LogP contribution in [-0.2, 0) is 11.3 Å². The summed E-state index contributed by atoms with van der Waals surface area (Å²) < 4.78 is 3.41. The van der Waals surface area contributed by atoms with E-state index in [0.717, 1.165) is 17.2 Å². The monoisotopic (exact) mass is 311 g/mol. The van der Waals surface area contributed by atoms with Crippen LogP contribution in [0.5, 0.6) is 0 Å². The molecule has 0 spiro atoms. The number of hydrogen-bond acceptors (Lipinski definition) is 5. The summed E-state index contributed by atoms with van der Waals surface area (Å²) in [7, 11) is 0. The highest BCUT2D eigenvalue weighted by atomic mass is 16.2. The molecule has 0 bridgehead atoms. The summed E-state index contributed by atoms with van der Waals surface area (Å²) in [6, 6.07) is 3.39. The quantitative estimate of drug-likeness (QED) is 0.760. The van der Waals surface area contributed by atoms with Gasteiger partial charge in [-0.2, -0.15) is 5.10 Å². The summed E-state index contributed by atoms with van der Waals surface area (Å²) in [6.45, 7) is 4.11. The van der Waals surface area contributed by atoms with Gasteiger partial charge in [-0.3, -0.25) is 9.36 Å². The topological polar surface area (TPSA) is 90.5 Å². The number of amides is 1. The number of aryl methyl sites for hydroxylation is 1. The van der Waals surface area contributed by atoms with Crippen molar-refractivity contribution in [1.82, 2.24) is 34.6 Å². The number of rotatable bonds is 5. The molecule has 1 atom stereocenters. The van der Waals surface area contributed by atoms with Gasteiger partial charge in [-0.1, -0.05) is 0 Å². The number of carbonyl (C=O) groups excluding carboxylic acids is 1. The molecule has 3 aromatic heterocycles. The van der Waals surface area contributed by atoms with Gasteiger partial charge in [0.1, 0.15) is 30.3 Å². The third-order valence-electron chi connectivity index (χ3n) is 3.56. The molecule has 3 aromatic rings. The Morgan fingerprint density at radius 1 is 1.35 bits per heavy atom. The van der Waals surface area contributed by atoms with Crippen molar-refractivity contribution in [2.45, 2.75) is 26.4 Å². The number of nitrogens with zero attached hydrogens (tertiary/aromatic N) is 6. The summed E-state index contributed by atoms with van der Waals surface area (Å²) >= 11 is 0. The molecule has 0 unspecified atom stereocenters. The van der Waals surface area contributed by atoms with E-state index in [0.29, 0.717) is 6.54 Å². The Morgan fingerprint density at radius 2 is 2.22 bits per heavy atom. The van der Waals surface area contributed by atoms with Crippen molar-refractivity contribution < 1.29 is 4.79 Å². The van der Waals surface area contributed by atoms with Crippen LogP contribution in [0.3, 0.4) is 0 Å². The van der Waals surface area contributed by atoms with Gasteiger partial charge in [0.15, 0.2) is 0 Å². The summed E-state index contributed by atoms with van der Waals surface area (Å²) in [5.41, 5.74) is 0.960. The van der Waals surface area contributed by atoms with Gasteiger partial charge in [-0.15, -0.1) is 0 Å². The van der Waals surface area contributed by atoms with E-state index in [4.69, 9.17) is 0 Å². The van der Waals surface area contributed by atoms with Crippen LogP contribution < -0.4 is 5.32 Å². The van der Waals surface area contributed by atoms with Crippen LogP contribution in [0.2, 0.25) is 0 Å². The highest BCUT2D eigenvalue weighted by molar-refractivity contribution is 5.79. The van der Waals surface area contributed by atoms with Gasteiger partial charge in [-0.25, -0.2) is 19.6 Å². The maximum Gasteiger partial charge on any atom is 0.244 e. The predicted octanol–water partition coefficient (Wildman–Crippen LogP) is 1.04. The van der Waals surface area contributed by atoms with Crippen LogP contribution in [0.15, 0.2) is 43.4 Å². The zero-order valence-electron chi connectivity index (χ0n) is 12.9. The van der Waals surface area contributed by atoms with Crippen molar-refractivity contribution in [3.05, 3.63) is 54.8 Å². The molecule has 8 heteroatoms. The smallest absolute Gasteiger partial charge is 0.244 e. The number of carbonyl (C=O) groups is 1. The molecule has 0 aliphatic heterocycles. The molecular formula is C15H17N7O. The fraction of sp³-hybridized carbons (Fsp3) is 0.267. The van der Waals surface area contributed by atoms with Crippen LogP contribution in [0.25, 0.3) is 5.82 Å². The molecule has 8 nitrogen and oxygen atoms in total. The third-order valence-corrected chi connectivity index (χ3v) is 3.56. The van der Waals surface area contributed by atoms with Crippen molar-refractivity contribution in [3.63, 3.8) is 0 Å². The molecule has 118 valence electrons. The molecule has 0 saturated heterocycles. The summed E-state index contributed by atoms with van der Waals surface area (Å²) in [4.78, 5) is 24.5. The zero-order chi connectivity index (χ0) is 16.2. The van der Waals surface area contributed by atoms with Gasteiger partial charge in [0.2, 0.25) is 5.91 Å². The normalized spacial score (nSPS) is 12.1. The van der Waals surface area contributed by atoms with E-state index in [-0.39, 0.29) is 5.91 Å². The molecule has 0 fully saturated rings. The Labute approximate surface area is 133 Å². The lowest BCUT2D eigenvalue weighted by Crippen LogP contribution is -2.30. The van der Waals surface area contributed by atoms with E-state index in [1.165, 1.54) is 17.3 Å². The molecule has 23 heavy (non-hydrogen) atoms. The summed E-state index contributed by atoms with van der Waals surface area (Å²) in [6.07, 6.45) is 8.23. The van der Waals surface area contributed by atoms with Crippen molar-refractivity contribution in [2.75, 3.05) is 0 Å². The number of hydrogen-bond donors (Lipinski definition) is 1. The van der Waals surface area contributed by atoms with Gasteiger partial charge in [0.25, 0.3) is 0 Å². The fourth-order valence-corrected chi connectivity index (χ4v) is 2.20. The van der Waals surface area contributed by atoms with Crippen molar-refractivity contribution in [2.24, 2.45) is 0 Å². The van der Waals surface area contributed by atoms with E-state index in [1.54, 1.807) is 19.3 Å². The molecule has 1 N–H and O–H groups in total. The van der Waals surface area contributed by atoms with E-state index in [2.05, 4.69) is 25.4 Å². The molecule has 0 aliphatic carbocycles. The highest BCUT2D eigenvalue weighted by Gasteiger charge is 2.15. The molecular weight excluding hydrogens is 294 g/mol. The van der Waals surface area contributed by atoms with Crippen LogP contribution in [-0.4, -0.2) is 35.2 Å². The number of nitrogens with one attached hydrogen (secondary N) is 1. The zero-order valence-corrected chi connectivity index (χ0v) is 12.9. The second kappa shape index (κ2) is 6.39. The molecule has 1 amide bonds. The number of aromatic nitrogens is 6. The third kappa shape index (κ3) is 3.25. The molecule has 3 heterocycles. The Hall–Kier alpha value is -3.03. The average molecular weight is 311 g/mol. The van der Waals surface area contributed by atoms with E-state index < -0.39 is 6.04 Å². The molecule has 3 rings (SSSR count). The van der Waals surface area contributed by atoms with Gasteiger partial charge >= 0.3 is 0 Å². The highest BCUT2D eigenvalue weighted by Crippen LogP contribution is 2.10. The number of pyridine rings is 1. The first-order chi connectivity index (χ1) is 11.1. The molecule has 0 aliphatic rings. The minimum atomic E-state index is -0.408. The maximum atomic E-state index is 12.2. The van der Waals surface area contributed by atoms with Gasteiger partial charge in [-0.05, 0) is 31.5 Å². The lowest BCUT2D eigenvalue weighted by molar-refractivity contribution is -0.124. The number of imidazole rings is 1. The first kappa shape index (κ1) is 14.9. The van der Waals surface area contributed by atoms with E-state index >= 15 is 0 Å². The second-order valence-corrected chi connectivity index (χ2v) is 5.14. The van der Waals surface area contributed by atoms with Crippen LogP contribution in [0.4, 0.5) is 0 Å². The van der Waals surface area contributed by atoms with E-state index in [9.17, 15) is 4.79 Å². The predicted molar refractivity (Wildman–Crippen MR) is 82.7 cm³/mol. The Balaban J connectivity index is 1.67. The largest absolute Gasteiger partial charge is 0.350 e. The minimum Gasteiger partial charge on any atom is -0.350 e.